The van der Waals surface area contributed by atoms with Gasteiger partial charge in [0.2, 0.25) is 0 Å². The van der Waals surface area contributed by atoms with Gasteiger partial charge in [0.25, 0.3) is 0 Å². The summed E-state index contributed by atoms with van der Waals surface area (Å²) in [7, 11) is 0. The van der Waals surface area contributed by atoms with Gasteiger partial charge in [-0.3, -0.25) is 5.41 Å². The van der Waals surface area contributed by atoms with E-state index in [0.29, 0.717) is 12.0 Å². The van der Waals surface area contributed by atoms with Gasteiger partial charge in [0.05, 0.1) is 11.7 Å². The summed E-state index contributed by atoms with van der Waals surface area (Å²) in [6.07, 6.45) is 5.82. The van der Waals surface area contributed by atoms with Crippen molar-refractivity contribution in [3.05, 3.63) is 84.2 Å². The van der Waals surface area contributed by atoms with Crippen molar-refractivity contribution < 1.29 is 0 Å². The lowest BCUT2D eigenvalue weighted by molar-refractivity contribution is 0.584. The summed E-state index contributed by atoms with van der Waals surface area (Å²) < 4.78 is 4.08. The second-order valence-corrected chi connectivity index (χ2v) is 7.00. The largest absolute Gasteiger partial charge is 0.330 e. The zero-order valence-electron chi connectivity index (χ0n) is 15.9. The summed E-state index contributed by atoms with van der Waals surface area (Å²) in [6, 6.07) is 20.6. The molecule has 5 nitrogen and oxygen atoms in total. The summed E-state index contributed by atoms with van der Waals surface area (Å²) in [5, 5.41) is 9.74. The van der Waals surface area contributed by atoms with E-state index in [-0.39, 0.29) is 0 Å². The number of aryl methyl sites for hydroxylation is 1. The minimum atomic E-state index is 0.507. The van der Waals surface area contributed by atoms with Gasteiger partial charge >= 0.3 is 0 Å². The van der Waals surface area contributed by atoms with Crippen LogP contribution in [0.5, 0.6) is 0 Å². The molecule has 0 atom stereocenters. The Hall–Kier alpha value is -3.18. The molecule has 0 fully saturated rings. The first kappa shape index (κ1) is 18.2. The first-order chi connectivity index (χ1) is 13.8. The molecule has 2 aromatic carbocycles. The molecule has 2 heterocycles. The van der Waals surface area contributed by atoms with Crippen molar-refractivity contribution in [1.29, 1.82) is 5.41 Å². The smallest absolute Gasteiger partial charge is 0.146 e. The molecule has 0 saturated heterocycles. The molecule has 5 heteroatoms. The maximum atomic E-state index is 8.84. The Labute approximate surface area is 164 Å². The topological polar surface area (TPSA) is 72.6 Å². The quantitative estimate of drug-likeness (QED) is 0.485. The third-order valence-electron chi connectivity index (χ3n) is 5.03. The predicted molar refractivity (Wildman–Crippen MR) is 113 cm³/mol. The molecule has 4 rings (SSSR count). The Kier molecular flexibility index (Phi) is 5.35. The van der Waals surface area contributed by atoms with Crippen molar-refractivity contribution in [3.63, 3.8) is 0 Å². The van der Waals surface area contributed by atoms with Gasteiger partial charge in [-0.2, -0.15) is 0 Å². The second-order valence-electron chi connectivity index (χ2n) is 7.00. The Morgan fingerprint density at radius 1 is 0.893 bits per heavy atom. The van der Waals surface area contributed by atoms with Crippen LogP contribution >= 0.6 is 0 Å². The van der Waals surface area contributed by atoms with Crippen molar-refractivity contribution in [3.8, 4) is 11.1 Å². The van der Waals surface area contributed by atoms with Crippen LogP contribution in [0.4, 0.5) is 0 Å². The number of hydrogen-bond donors (Lipinski definition) is 2. The highest BCUT2D eigenvalue weighted by atomic mass is 15.1. The fourth-order valence-corrected chi connectivity index (χ4v) is 3.58. The number of unbranched alkanes of at least 4 members (excludes halogenated alkanes) is 1. The van der Waals surface area contributed by atoms with Gasteiger partial charge < -0.3 is 14.9 Å². The maximum Gasteiger partial charge on any atom is 0.146 e. The molecule has 0 aliphatic rings. The van der Waals surface area contributed by atoms with E-state index in [9.17, 15) is 0 Å². The van der Waals surface area contributed by atoms with E-state index in [2.05, 4.69) is 35.0 Å². The van der Waals surface area contributed by atoms with E-state index >= 15 is 0 Å². The molecule has 0 bridgehead atoms. The van der Waals surface area contributed by atoms with E-state index in [4.69, 9.17) is 16.1 Å². The monoisotopic (exact) mass is 371 g/mol. The molecule has 0 amide bonds. The molecule has 3 N–H and O–H groups in total. The lowest BCUT2D eigenvalue weighted by Gasteiger charge is -2.09. The lowest BCUT2D eigenvalue weighted by atomic mass is 10.1. The average molecular weight is 371 g/mol. The third-order valence-corrected chi connectivity index (χ3v) is 5.03. The summed E-state index contributed by atoms with van der Waals surface area (Å²) in [5.41, 5.74) is 10.4. The van der Waals surface area contributed by atoms with Crippen LogP contribution in [0, 0.1) is 5.41 Å². The molecule has 28 heavy (non-hydrogen) atoms. The number of fused-ring (bicyclic) bond motifs is 1. The number of nitrogens with one attached hydrogen (secondary N) is 1. The van der Waals surface area contributed by atoms with Crippen molar-refractivity contribution in [2.45, 2.75) is 25.9 Å². The summed E-state index contributed by atoms with van der Waals surface area (Å²) in [5.74, 6) is 0. The average Bonchev–Trinajstić information content (AvgIpc) is 3.10. The molecule has 0 unspecified atom stereocenters. The highest BCUT2D eigenvalue weighted by Gasteiger charge is 2.15. The Balaban J connectivity index is 1.85. The number of hydrogen-bond acceptors (Lipinski definition) is 3. The Morgan fingerprint density at radius 2 is 1.61 bits per heavy atom. The molecule has 142 valence electrons. The fourth-order valence-electron chi connectivity index (χ4n) is 3.58. The minimum Gasteiger partial charge on any atom is -0.330 e. The summed E-state index contributed by atoms with van der Waals surface area (Å²) in [4.78, 5) is 4.74. The summed E-state index contributed by atoms with van der Waals surface area (Å²) >= 11 is 0. The van der Waals surface area contributed by atoms with Gasteiger partial charge in [0.1, 0.15) is 11.1 Å². The second kappa shape index (κ2) is 8.23. The first-order valence-electron chi connectivity index (χ1n) is 9.70. The van der Waals surface area contributed by atoms with Crippen molar-refractivity contribution in [1.82, 2.24) is 14.1 Å². The molecule has 0 spiro atoms. The highest BCUT2D eigenvalue weighted by Crippen LogP contribution is 2.28. The van der Waals surface area contributed by atoms with Crippen LogP contribution in [0.25, 0.3) is 22.2 Å². The van der Waals surface area contributed by atoms with E-state index < -0.39 is 0 Å². The molecular weight excluding hydrogens is 346 g/mol. The molecule has 0 radical (unpaired) electrons. The van der Waals surface area contributed by atoms with Crippen LogP contribution in [0.1, 0.15) is 18.4 Å². The maximum absolute atomic E-state index is 8.84. The van der Waals surface area contributed by atoms with Crippen molar-refractivity contribution >= 4 is 11.0 Å². The van der Waals surface area contributed by atoms with E-state index in [0.717, 1.165) is 48.1 Å². The predicted octanol–water partition coefficient (Wildman–Crippen LogP) is 3.77. The third kappa shape index (κ3) is 3.62. The summed E-state index contributed by atoms with van der Waals surface area (Å²) in [6.45, 7) is 2.16. The SMILES string of the molecule is N=c1c2c(-c3ccccc3)cn(Cc3ccccc3)c2ncn1CCCCN. The molecular formula is C23H25N5. The Bertz CT molecular complexity index is 1110. The van der Waals surface area contributed by atoms with Gasteiger partial charge in [0, 0.05) is 24.8 Å². The Morgan fingerprint density at radius 3 is 2.32 bits per heavy atom. The molecule has 4 aromatic rings. The molecule has 0 saturated carbocycles. The number of benzene rings is 2. The zero-order chi connectivity index (χ0) is 19.3. The zero-order valence-corrected chi connectivity index (χ0v) is 15.9. The lowest BCUT2D eigenvalue weighted by Crippen LogP contribution is -2.21. The van der Waals surface area contributed by atoms with E-state index in [1.807, 2.05) is 41.0 Å². The van der Waals surface area contributed by atoms with E-state index in [1.165, 1.54) is 5.56 Å². The van der Waals surface area contributed by atoms with Crippen LogP contribution in [-0.4, -0.2) is 20.7 Å². The van der Waals surface area contributed by atoms with Crippen LogP contribution in [0.15, 0.2) is 73.2 Å². The molecule has 0 aliphatic heterocycles. The number of nitrogens with two attached hydrogens (primary N) is 1. The van der Waals surface area contributed by atoms with Crippen LogP contribution in [0.2, 0.25) is 0 Å². The van der Waals surface area contributed by atoms with E-state index in [1.54, 1.807) is 6.33 Å². The van der Waals surface area contributed by atoms with Crippen LogP contribution in [-0.2, 0) is 13.1 Å². The fraction of sp³-hybridized carbons (Fsp3) is 0.217. The minimum absolute atomic E-state index is 0.507. The van der Waals surface area contributed by atoms with Gasteiger partial charge in [-0.1, -0.05) is 60.7 Å². The van der Waals surface area contributed by atoms with Gasteiger partial charge in [-0.05, 0) is 30.5 Å². The number of aromatic nitrogens is 3. The first-order valence-corrected chi connectivity index (χ1v) is 9.70. The number of rotatable bonds is 7. The standard InChI is InChI=1S/C23H25N5/c24-13-7-8-14-27-17-26-23-21(22(27)25)20(19-11-5-2-6-12-19)16-28(23)15-18-9-3-1-4-10-18/h1-6,9-12,16-17,25H,7-8,13-15,24H2. The van der Waals surface area contributed by atoms with Gasteiger partial charge in [0.15, 0.2) is 0 Å². The molecule has 0 aliphatic carbocycles. The number of nitrogens with zero attached hydrogens (tertiary/aromatic N) is 3. The van der Waals surface area contributed by atoms with Crippen LogP contribution < -0.4 is 11.2 Å². The van der Waals surface area contributed by atoms with Gasteiger partial charge in [-0.25, -0.2) is 4.98 Å². The molecule has 2 aromatic heterocycles. The highest BCUT2D eigenvalue weighted by molar-refractivity contribution is 5.93. The van der Waals surface area contributed by atoms with Crippen LogP contribution in [0.3, 0.4) is 0 Å². The normalized spacial score (nSPS) is 11.2. The van der Waals surface area contributed by atoms with Crippen molar-refractivity contribution in [2.75, 3.05) is 6.54 Å². The van der Waals surface area contributed by atoms with Crippen molar-refractivity contribution in [2.24, 2.45) is 5.73 Å². The van der Waals surface area contributed by atoms with Gasteiger partial charge in [-0.15, -0.1) is 0 Å².